The van der Waals surface area contributed by atoms with Crippen LogP contribution in [0.15, 0.2) is 54.6 Å². The van der Waals surface area contributed by atoms with Crippen LogP contribution in [0.25, 0.3) is 10.8 Å². The van der Waals surface area contributed by atoms with Gasteiger partial charge in [-0.05, 0) is 68.7 Å². The Kier molecular flexibility index (Phi) is 5.08. The van der Waals surface area contributed by atoms with E-state index in [0.29, 0.717) is 23.4 Å². The van der Waals surface area contributed by atoms with Crippen molar-refractivity contribution < 1.29 is 19.8 Å². The number of aromatic amines is 1. The summed E-state index contributed by atoms with van der Waals surface area (Å²) < 4.78 is 0. The van der Waals surface area contributed by atoms with Crippen molar-refractivity contribution >= 4 is 22.6 Å². The number of rotatable bonds is 6. The first-order valence-corrected chi connectivity index (χ1v) is 9.08. The molecule has 0 saturated carbocycles. The molecule has 9 heteroatoms. The number of nitrogens with one attached hydrogen (secondary N) is 2. The zero-order valence-electron chi connectivity index (χ0n) is 15.7. The van der Waals surface area contributed by atoms with Gasteiger partial charge in [0.1, 0.15) is 5.75 Å². The lowest BCUT2D eigenvalue weighted by Gasteiger charge is -2.09. The number of carbonyl (C=O) groups is 2. The number of benzene rings is 3. The zero-order valence-corrected chi connectivity index (χ0v) is 15.7. The fourth-order valence-electron chi connectivity index (χ4n) is 3.12. The van der Waals surface area contributed by atoms with Crippen molar-refractivity contribution in [2.45, 2.75) is 13.0 Å². The number of carbonyl (C=O) groups excluding carboxylic acids is 1. The second-order valence-corrected chi connectivity index (χ2v) is 6.75. The number of fused-ring (bicyclic) bond motifs is 1. The minimum Gasteiger partial charge on any atom is -0.508 e. The molecule has 4 N–H and O–H groups in total. The number of carboxylic acids is 1. The first-order valence-electron chi connectivity index (χ1n) is 9.08. The highest BCUT2D eigenvalue weighted by Gasteiger charge is 2.11. The number of amides is 1. The normalized spacial score (nSPS) is 10.8. The van der Waals surface area contributed by atoms with Crippen LogP contribution in [0.4, 0.5) is 0 Å². The molecule has 0 aliphatic rings. The lowest BCUT2D eigenvalue weighted by atomic mass is 9.98. The number of hydrogen-bond acceptors (Lipinski definition) is 6. The second kappa shape index (κ2) is 8.00. The smallest absolute Gasteiger partial charge is 0.335 e. The van der Waals surface area contributed by atoms with Gasteiger partial charge in [0.05, 0.1) is 12.1 Å². The number of aromatic carboxylic acids is 1. The Bertz CT molecular complexity index is 1220. The number of phenols is 1. The van der Waals surface area contributed by atoms with Crippen LogP contribution in [0.3, 0.4) is 0 Å². The van der Waals surface area contributed by atoms with E-state index < -0.39 is 5.97 Å². The maximum absolute atomic E-state index is 12.4. The summed E-state index contributed by atoms with van der Waals surface area (Å²) in [6.45, 7) is 0.178. The first kappa shape index (κ1) is 19.1. The van der Waals surface area contributed by atoms with Crippen LogP contribution in [-0.4, -0.2) is 42.7 Å². The minimum atomic E-state index is -0.986. The Balaban J connectivity index is 1.56. The maximum atomic E-state index is 12.4. The summed E-state index contributed by atoms with van der Waals surface area (Å²) in [5.74, 6) is -0.669. The van der Waals surface area contributed by atoms with Crippen LogP contribution < -0.4 is 5.32 Å². The molecule has 30 heavy (non-hydrogen) atoms. The molecule has 150 valence electrons. The van der Waals surface area contributed by atoms with E-state index >= 15 is 0 Å². The van der Waals surface area contributed by atoms with Gasteiger partial charge >= 0.3 is 5.97 Å². The quantitative estimate of drug-likeness (QED) is 0.387. The van der Waals surface area contributed by atoms with Crippen molar-refractivity contribution in [3.63, 3.8) is 0 Å². The van der Waals surface area contributed by atoms with E-state index in [2.05, 4.69) is 25.9 Å². The van der Waals surface area contributed by atoms with E-state index in [1.165, 1.54) is 12.1 Å². The standard InChI is InChI=1S/C21H17N5O4/c27-18-10-14-5-6-15(20(28)22-11-19-23-25-26-24-19)8-16(14)9-17(18)7-12-1-3-13(4-2-12)21(29)30/h1-6,8-10,27H,7,11H2,(H,22,28)(H,29,30)(H,23,24,25,26). The molecular weight excluding hydrogens is 386 g/mol. The molecule has 1 heterocycles. The number of phenolic OH excluding ortho intramolecular Hbond substituents is 1. The highest BCUT2D eigenvalue weighted by Crippen LogP contribution is 2.28. The van der Waals surface area contributed by atoms with Gasteiger partial charge in [-0.1, -0.05) is 18.2 Å². The summed E-state index contributed by atoms with van der Waals surface area (Å²) in [7, 11) is 0. The summed E-state index contributed by atoms with van der Waals surface area (Å²) in [5.41, 5.74) is 2.22. The number of carboxylic acid groups (broad SMARTS) is 1. The molecule has 4 rings (SSSR count). The van der Waals surface area contributed by atoms with E-state index in [-0.39, 0.29) is 23.8 Å². The van der Waals surface area contributed by atoms with Crippen molar-refractivity contribution in [3.8, 4) is 5.75 Å². The Morgan fingerprint density at radius 1 is 0.967 bits per heavy atom. The van der Waals surface area contributed by atoms with Gasteiger partial charge in [0.2, 0.25) is 0 Å². The second-order valence-electron chi connectivity index (χ2n) is 6.75. The number of H-pyrrole nitrogens is 1. The Hall–Kier alpha value is -4.27. The molecule has 4 aromatic rings. The minimum absolute atomic E-state index is 0.139. The van der Waals surface area contributed by atoms with Crippen LogP contribution in [0.5, 0.6) is 5.75 Å². The summed E-state index contributed by atoms with van der Waals surface area (Å²) >= 11 is 0. The largest absolute Gasteiger partial charge is 0.508 e. The Morgan fingerprint density at radius 2 is 1.73 bits per heavy atom. The SMILES string of the molecule is O=C(O)c1ccc(Cc2cc3cc(C(=O)NCc4nnn[nH]4)ccc3cc2O)cc1. The van der Waals surface area contributed by atoms with Gasteiger partial charge in [0.15, 0.2) is 5.82 Å². The summed E-state index contributed by atoms with van der Waals surface area (Å²) in [5, 5.41) is 36.9. The maximum Gasteiger partial charge on any atom is 0.335 e. The predicted octanol–water partition coefficient (Wildman–Crippen LogP) is 2.28. The molecule has 9 nitrogen and oxygen atoms in total. The van der Waals surface area contributed by atoms with Crippen molar-refractivity contribution in [1.82, 2.24) is 25.9 Å². The average molecular weight is 403 g/mol. The number of nitrogens with zero attached hydrogens (tertiary/aromatic N) is 3. The first-order chi connectivity index (χ1) is 14.5. The molecule has 0 radical (unpaired) electrons. The number of hydrogen-bond donors (Lipinski definition) is 4. The Labute approximate surface area is 170 Å². The number of aromatic hydroxyl groups is 1. The third kappa shape index (κ3) is 4.09. The molecule has 3 aromatic carbocycles. The fraction of sp³-hybridized carbons (Fsp3) is 0.0952. The molecule has 0 bridgehead atoms. The third-order valence-corrected chi connectivity index (χ3v) is 4.70. The van der Waals surface area contributed by atoms with Gasteiger partial charge in [-0.15, -0.1) is 5.10 Å². The van der Waals surface area contributed by atoms with Crippen molar-refractivity contribution in [2.75, 3.05) is 0 Å². The highest BCUT2D eigenvalue weighted by atomic mass is 16.4. The predicted molar refractivity (Wildman–Crippen MR) is 107 cm³/mol. The molecule has 0 spiro atoms. The van der Waals surface area contributed by atoms with Crippen LogP contribution in [0.1, 0.15) is 37.7 Å². The molecule has 0 unspecified atom stereocenters. The van der Waals surface area contributed by atoms with E-state index in [0.717, 1.165) is 16.3 Å². The topological polar surface area (TPSA) is 141 Å². The monoisotopic (exact) mass is 403 g/mol. The van der Waals surface area contributed by atoms with Crippen LogP contribution in [-0.2, 0) is 13.0 Å². The van der Waals surface area contributed by atoms with Gasteiger partial charge in [-0.25, -0.2) is 9.89 Å². The summed E-state index contributed by atoms with van der Waals surface area (Å²) in [6.07, 6.45) is 0.427. The highest BCUT2D eigenvalue weighted by molar-refractivity contribution is 5.99. The lowest BCUT2D eigenvalue weighted by Crippen LogP contribution is -2.23. The van der Waals surface area contributed by atoms with E-state index in [9.17, 15) is 14.7 Å². The van der Waals surface area contributed by atoms with Gasteiger partial charge in [-0.3, -0.25) is 4.79 Å². The van der Waals surface area contributed by atoms with E-state index in [1.807, 2.05) is 6.07 Å². The van der Waals surface area contributed by atoms with Crippen molar-refractivity contribution in [1.29, 1.82) is 0 Å². The van der Waals surface area contributed by atoms with Gasteiger partial charge < -0.3 is 15.5 Å². The molecule has 0 saturated heterocycles. The fourth-order valence-corrected chi connectivity index (χ4v) is 3.12. The van der Waals surface area contributed by atoms with Gasteiger partial charge in [0, 0.05) is 12.0 Å². The molecule has 1 aromatic heterocycles. The number of aromatic nitrogens is 4. The van der Waals surface area contributed by atoms with Gasteiger partial charge in [-0.2, -0.15) is 0 Å². The molecular formula is C21H17N5O4. The van der Waals surface area contributed by atoms with Crippen LogP contribution >= 0.6 is 0 Å². The van der Waals surface area contributed by atoms with E-state index in [4.69, 9.17) is 5.11 Å². The Morgan fingerprint density at radius 3 is 2.43 bits per heavy atom. The summed E-state index contributed by atoms with van der Waals surface area (Å²) in [6, 6.07) is 15.2. The number of tetrazole rings is 1. The lowest BCUT2D eigenvalue weighted by molar-refractivity contribution is 0.0696. The van der Waals surface area contributed by atoms with Crippen LogP contribution in [0.2, 0.25) is 0 Å². The van der Waals surface area contributed by atoms with Gasteiger partial charge in [0.25, 0.3) is 5.91 Å². The average Bonchev–Trinajstić information content (AvgIpc) is 3.26. The molecule has 0 atom stereocenters. The molecule has 0 aliphatic heterocycles. The summed E-state index contributed by atoms with van der Waals surface area (Å²) in [4.78, 5) is 23.4. The van der Waals surface area contributed by atoms with E-state index in [1.54, 1.807) is 36.4 Å². The zero-order chi connectivity index (χ0) is 21.1. The molecule has 1 amide bonds. The third-order valence-electron chi connectivity index (χ3n) is 4.70. The van der Waals surface area contributed by atoms with Crippen molar-refractivity contribution in [3.05, 3.63) is 82.7 Å². The molecule has 0 fully saturated rings. The molecule has 0 aliphatic carbocycles. The van der Waals surface area contributed by atoms with Crippen LogP contribution in [0, 0.1) is 0 Å². The van der Waals surface area contributed by atoms with Crippen molar-refractivity contribution in [2.24, 2.45) is 0 Å².